The lowest BCUT2D eigenvalue weighted by molar-refractivity contribution is -0.143. The number of methoxy groups -OCH3 is 1. The zero-order chi connectivity index (χ0) is 23.5. The lowest BCUT2D eigenvalue weighted by Gasteiger charge is -2.26. The molecular weight excluding hydrogens is 440 g/mol. The van der Waals surface area contributed by atoms with Crippen molar-refractivity contribution in [1.29, 1.82) is 0 Å². The number of nitrogens with one attached hydrogen (secondary N) is 1. The van der Waals surface area contributed by atoms with Crippen LogP contribution in [0.4, 0.5) is 31.1 Å². The normalized spacial score (nSPS) is 21.4. The van der Waals surface area contributed by atoms with Gasteiger partial charge in [0.1, 0.15) is 0 Å². The molecule has 1 saturated carbocycles. The minimum absolute atomic E-state index is 0.0855. The van der Waals surface area contributed by atoms with Gasteiger partial charge in [-0.25, -0.2) is 4.79 Å². The van der Waals surface area contributed by atoms with E-state index in [1.54, 1.807) is 18.2 Å². The van der Waals surface area contributed by atoms with E-state index in [4.69, 9.17) is 4.74 Å². The highest BCUT2D eigenvalue weighted by molar-refractivity contribution is 5.67. The molecule has 1 N–H and O–H groups in total. The third kappa shape index (κ3) is 5.73. The van der Waals surface area contributed by atoms with E-state index in [1.165, 1.54) is 7.11 Å². The van der Waals surface area contributed by atoms with Crippen LogP contribution >= 0.6 is 0 Å². The van der Waals surface area contributed by atoms with E-state index in [-0.39, 0.29) is 23.6 Å². The lowest BCUT2D eigenvalue weighted by atomic mass is 9.92. The second kappa shape index (κ2) is 9.40. The zero-order valence-electron chi connectivity index (χ0n) is 17.0. The molecule has 32 heavy (non-hydrogen) atoms. The van der Waals surface area contributed by atoms with Gasteiger partial charge in [0.2, 0.25) is 0 Å². The van der Waals surface area contributed by atoms with Crippen LogP contribution in [0.3, 0.4) is 0 Å². The average molecular weight is 461 g/mol. The van der Waals surface area contributed by atoms with Gasteiger partial charge in [-0.1, -0.05) is 30.3 Å². The molecule has 10 heteroatoms. The summed E-state index contributed by atoms with van der Waals surface area (Å²) in [5, 5.41) is 2.72. The van der Waals surface area contributed by atoms with Crippen molar-refractivity contribution in [3.05, 3.63) is 70.8 Å². The van der Waals surface area contributed by atoms with E-state index in [9.17, 15) is 31.1 Å². The van der Waals surface area contributed by atoms with Gasteiger partial charge in [0.25, 0.3) is 0 Å². The smallest absolute Gasteiger partial charge is 0.416 e. The highest BCUT2D eigenvalue weighted by Crippen LogP contribution is 2.39. The van der Waals surface area contributed by atoms with E-state index in [0.29, 0.717) is 25.0 Å². The van der Waals surface area contributed by atoms with Gasteiger partial charge < -0.3 is 14.8 Å². The molecule has 0 unspecified atom stereocenters. The number of carbonyl (C=O) groups is 1. The van der Waals surface area contributed by atoms with Gasteiger partial charge in [0.15, 0.2) is 0 Å². The summed E-state index contributed by atoms with van der Waals surface area (Å²) in [6.07, 6.45) is -10.0. The van der Waals surface area contributed by atoms with E-state index >= 15 is 0 Å². The summed E-state index contributed by atoms with van der Waals surface area (Å²) in [4.78, 5) is 11.7. The molecule has 0 spiro atoms. The Morgan fingerprint density at radius 3 is 2.09 bits per heavy atom. The molecule has 1 fully saturated rings. The number of carbonyl (C=O) groups excluding carboxylic acids is 1. The molecule has 174 valence electrons. The van der Waals surface area contributed by atoms with Crippen molar-refractivity contribution in [3.8, 4) is 0 Å². The number of alkyl halides is 6. The van der Waals surface area contributed by atoms with Crippen LogP contribution in [0.2, 0.25) is 0 Å². The van der Waals surface area contributed by atoms with Gasteiger partial charge in [0, 0.05) is 12.0 Å². The number of halogens is 6. The molecular formula is C22H21F6NO3. The van der Waals surface area contributed by atoms with Crippen LogP contribution in [-0.4, -0.2) is 25.3 Å². The molecule has 4 nitrogen and oxygen atoms in total. The fourth-order valence-corrected chi connectivity index (χ4v) is 3.95. The van der Waals surface area contributed by atoms with Crippen LogP contribution in [0.1, 0.15) is 41.0 Å². The molecule has 0 radical (unpaired) electrons. The quantitative estimate of drug-likeness (QED) is 0.563. The van der Waals surface area contributed by atoms with Crippen molar-refractivity contribution in [3.63, 3.8) is 0 Å². The van der Waals surface area contributed by atoms with Crippen molar-refractivity contribution in [1.82, 2.24) is 5.32 Å². The Balaban J connectivity index is 1.84. The molecule has 1 aliphatic carbocycles. The van der Waals surface area contributed by atoms with Crippen LogP contribution < -0.4 is 5.32 Å². The van der Waals surface area contributed by atoms with Crippen molar-refractivity contribution >= 4 is 6.09 Å². The molecule has 0 aromatic heterocycles. The molecule has 2 aromatic carbocycles. The van der Waals surface area contributed by atoms with Crippen molar-refractivity contribution in [2.45, 2.75) is 49.9 Å². The highest BCUT2D eigenvalue weighted by atomic mass is 19.4. The fourth-order valence-electron chi connectivity index (χ4n) is 3.95. The number of hydrogen-bond acceptors (Lipinski definition) is 3. The summed E-state index contributed by atoms with van der Waals surface area (Å²) in [5.74, 6) is -0.344. The molecule has 0 aliphatic heterocycles. The van der Waals surface area contributed by atoms with Crippen LogP contribution in [0, 0.1) is 0 Å². The first-order valence-corrected chi connectivity index (χ1v) is 9.78. The van der Waals surface area contributed by atoms with Crippen LogP contribution in [0.5, 0.6) is 0 Å². The Morgan fingerprint density at radius 2 is 1.56 bits per heavy atom. The Hall–Kier alpha value is -2.75. The first kappa shape index (κ1) is 23.9. The average Bonchev–Trinajstić information content (AvgIpc) is 3.13. The van der Waals surface area contributed by atoms with E-state index in [2.05, 4.69) is 10.1 Å². The predicted octanol–water partition coefficient (Wildman–Crippen LogP) is 5.91. The summed E-state index contributed by atoms with van der Waals surface area (Å²) in [6, 6.07) is 10.1. The monoisotopic (exact) mass is 461 g/mol. The van der Waals surface area contributed by atoms with E-state index in [0.717, 1.165) is 5.56 Å². The topological polar surface area (TPSA) is 47.6 Å². The van der Waals surface area contributed by atoms with Crippen LogP contribution in [0.25, 0.3) is 0 Å². The number of alkyl carbamates (subject to hydrolysis) is 1. The molecule has 0 bridgehead atoms. The second-order valence-corrected chi connectivity index (χ2v) is 7.52. The Labute approximate surface area is 180 Å². The maximum Gasteiger partial charge on any atom is 0.416 e. The Kier molecular flexibility index (Phi) is 7.02. The largest absolute Gasteiger partial charge is 0.453 e. The van der Waals surface area contributed by atoms with Gasteiger partial charge in [-0.3, -0.25) is 0 Å². The molecule has 1 aliphatic rings. The third-order valence-electron chi connectivity index (χ3n) is 5.38. The molecule has 0 saturated heterocycles. The SMILES string of the molecule is COC(=O)N[C@@H]1CC[C@H](OCc2cc(C(F)(F)F)cc(C(F)(F)F)c2)[C@H]1c1ccccc1. The van der Waals surface area contributed by atoms with Crippen molar-refractivity contribution in [2.24, 2.45) is 0 Å². The van der Waals surface area contributed by atoms with Crippen molar-refractivity contribution in [2.75, 3.05) is 7.11 Å². The number of amides is 1. The highest BCUT2D eigenvalue weighted by Gasteiger charge is 2.40. The van der Waals surface area contributed by atoms with E-state index < -0.39 is 42.3 Å². The van der Waals surface area contributed by atoms with Crippen molar-refractivity contribution < 1.29 is 40.6 Å². The third-order valence-corrected chi connectivity index (χ3v) is 5.38. The van der Waals surface area contributed by atoms with Gasteiger partial charge >= 0.3 is 18.4 Å². The molecule has 1 amide bonds. The summed E-state index contributed by atoms with van der Waals surface area (Å²) in [7, 11) is 1.22. The molecule has 0 heterocycles. The van der Waals surface area contributed by atoms with Gasteiger partial charge in [-0.2, -0.15) is 26.3 Å². The lowest BCUT2D eigenvalue weighted by Crippen LogP contribution is -2.38. The van der Waals surface area contributed by atoms with Gasteiger partial charge in [0.05, 0.1) is 30.9 Å². The number of rotatable bonds is 5. The summed E-state index contributed by atoms with van der Waals surface area (Å²) < 4.78 is 89.1. The van der Waals surface area contributed by atoms with Crippen LogP contribution in [-0.2, 0) is 28.4 Å². The minimum atomic E-state index is -4.93. The maximum atomic E-state index is 13.1. The maximum absolute atomic E-state index is 13.1. The second-order valence-electron chi connectivity index (χ2n) is 7.52. The Morgan fingerprint density at radius 1 is 0.969 bits per heavy atom. The number of ether oxygens (including phenoxy) is 2. The zero-order valence-corrected chi connectivity index (χ0v) is 17.0. The minimum Gasteiger partial charge on any atom is -0.453 e. The number of benzene rings is 2. The first-order valence-electron chi connectivity index (χ1n) is 9.78. The first-order chi connectivity index (χ1) is 15.0. The molecule has 2 aromatic rings. The fraction of sp³-hybridized carbons (Fsp3) is 0.409. The standard InChI is InChI=1S/C22H21F6NO3/c1-31-20(30)29-17-7-8-18(19(17)14-5-3-2-4-6-14)32-12-13-9-15(21(23,24)25)11-16(10-13)22(26,27)28/h2-6,9-11,17-19H,7-8,12H2,1H3,(H,29,30)/t17-,18+,19+/m1/s1. The van der Waals surface area contributed by atoms with Gasteiger partial charge in [-0.15, -0.1) is 0 Å². The molecule has 3 rings (SSSR count). The molecule has 3 atom stereocenters. The summed E-state index contributed by atoms with van der Waals surface area (Å²) >= 11 is 0. The Bertz CT molecular complexity index is 897. The summed E-state index contributed by atoms with van der Waals surface area (Å²) in [6.45, 7) is -0.439. The van der Waals surface area contributed by atoms with E-state index in [1.807, 2.05) is 12.1 Å². The summed E-state index contributed by atoms with van der Waals surface area (Å²) in [5.41, 5.74) is -2.18. The predicted molar refractivity (Wildman–Crippen MR) is 103 cm³/mol. The van der Waals surface area contributed by atoms with Crippen LogP contribution in [0.15, 0.2) is 48.5 Å². The number of hydrogen-bond donors (Lipinski definition) is 1. The van der Waals surface area contributed by atoms with Gasteiger partial charge in [-0.05, 0) is 42.2 Å².